The average molecular weight is 247 g/mol. The number of hydrogen-bond donors (Lipinski definition) is 1. The van der Waals surface area contributed by atoms with Gasteiger partial charge in [-0.15, -0.1) is 0 Å². The Kier molecular flexibility index (Phi) is 4.20. The number of aromatic nitrogens is 2. The summed E-state index contributed by atoms with van der Waals surface area (Å²) in [5.41, 5.74) is 1.88. The highest BCUT2D eigenvalue weighted by atomic mass is 19.1. The molecule has 0 aliphatic rings. The third-order valence-electron chi connectivity index (χ3n) is 2.43. The van der Waals surface area contributed by atoms with E-state index < -0.39 is 0 Å². The molecule has 0 saturated heterocycles. The average Bonchev–Trinajstić information content (AvgIpc) is 2.39. The highest BCUT2D eigenvalue weighted by molar-refractivity contribution is 5.20. The fourth-order valence-electron chi connectivity index (χ4n) is 1.58. The van der Waals surface area contributed by atoms with Gasteiger partial charge in [-0.2, -0.15) is 0 Å². The summed E-state index contributed by atoms with van der Waals surface area (Å²) in [5.74, 6) is 0.265. The smallest absolute Gasteiger partial charge is 0.213 e. The van der Waals surface area contributed by atoms with Gasteiger partial charge in [-0.3, -0.25) is 4.98 Å². The monoisotopic (exact) mass is 247 g/mol. The van der Waals surface area contributed by atoms with Crippen molar-refractivity contribution in [1.82, 2.24) is 15.3 Å². The van der Waals surface area contributed by atoms with Crippen LogP contribution in [-0.4, -0.2) is 17.1 Å². The van der Waals surface area contributed by atoms with E-state index in [1.165, 1.54) is 12.3 Å². The summed E-state index contributed by atoms with van der Waals surface area (Å²) in [6.07, 6.45) is 4.53. The van der Waals surface area contributed by atoms with Gasteiger partial charge in [0.25, 0.3) is 0 Å². The van der Waals surface area contributed by atoms with Crippen LogP contribution in [0.2, 0.25) is 0 Å². The van der Waals surface area contributed by atoms with Gasteiger partial charge < -0.3 is 10.1 Å². The van der Waals surface area contributed by atoms with Crippen LogP contribution >= 0.6 is 0 Å². The Bertz CT molecular complexity index is 519. The SMILES string of the molecule is COc1cc(CNCc2cncc(F)c2)ccn1. The molecule has 0 aliphatic carbocycles. The summed E-state index contributed by atoms with van der Waals surface area (Å²) in [4.78, 5) is 7.82. The van der Waals surface area contributed by atoms with Gasteiger partial charge in [-0.1, -0.05) is 0 Å². The van der Waals surface area contributed by atoms with Crippen LogP contribution in [0.25, 0.3) is 0 Å². The summed E-state index contributed by atoms with van der Waals surface area (Å²) in [6.45, 7) is 1.23. The Morgan fingerprint density at radius 2 is 2.06 bits per heavy atom. The van der Waals surface area contributed by atoms with E-state index in [9.17, 15) is 4.39 Å². The van der Waals surface area contributed by atoms with Gasteiger partial charge in [0.15, 0.2) is 0 Å². The van der Waals surface area contributed by atoms with E-state index in [-0.39, 0.29) is 5.82 Å². The molecule has 0 radical (unpaired) electrons. The number of rotatable bonds is 5. The first kappa shape index (κ1) is 12.4. The van der Waals surface area contributed by atoms with E-state index in [4.69, 9.17) is 4.74 Å². The quantitative estimate of drug-likeness (QED) is 0.876. The number of nitrogens with one attached hydrogen (secondary N) is 1. The van der Waals surface area contributed by atoms with Crippen LogP contribution in [0.15, 0.2) is 36.8 Å². The first-order chi connectivity index (χ1) is 8.78. The summed E-state index contributed by atoms with van der Waals surface area (Å²) >= 11 is 0. The lowest BCUT2D eigenvalue weighted by Gasteiger charge is -2.06. The highest BCUT2D eigenvalue weighted by Gasteiger charge is 1.98. The lowest BCUT2D eigenvalue weighted by atomic mass is 10.2. The minimum atomic E-state index is -0.320. The normalized spacial score (nSPS) is 10.3. The molecular formula is C13H14FN3O. The third kappa shape index (κ3) is 3.49. The maximum Gasteiger partial charge on any atom is 0.213 e. The van der Waals surface area contributed by atoms with E-state index >= 15 is 0 Å². The maximum atomic E-state index is 12.9. The van der Waals surface area contributed by atoms with Gasteiger partial charge in [0.05, 0.1) is 13.3 Å². The van der Waals surface area contributed by atoms with Gasteiger partial charge in [0.1, 0.15) is 5.82 Å². The number of pyridine rings is 2. The molecule has 2 aromatic rings. The lowest BCUT2D eigenvalue weighted by Crippen LogP contribution is -2.13. The molecule has 0 unspecified atom stereocenters. The zero-order valence-electron chi connectivity index (χ0n) is 10.1. The molecule has 4 nitrogen and oxygen atoms in total. The highest BCUT2D eigenvalue weighted by Crippen LogP contribution is 2.08. The second kappa shape index (κ2) is 6.07. The molecular weight excluding hydrogens is 233 g/mol. The maximum absolute atomic E-state index is 12.9. The van der Waals surface area contributed by atoms with Crippen molar-refractivity contribution in [2.75, 3.05) is 7.11 Å². The zero-order chi connectivity index (χ0) is 12.8. The fourth-order valence-corrected chi connectivity index (χ4v) is 1.58. The standard InChI is InChI=1S/C13H14FN3O/c1-18-13-5-10(2-3-17-13)6-15-7-11-4-12(14)9-16-8-11/h2-5,8-9,15H,6-7H2,1H3. The lowest BCUT2D eigenvalue weighted by molar-refractivity contribution is 0.397. The van der Waals surface area contributed by atoms with E-state index in [1.807, 2.05) is 12.1 Å². The number of ether oxygens (including phenoxy) is 1. The minimum Gasteiger partial charge on any atom is -0.481 e. The van der Waals surface area contributed by atoms with Crippen molar-refractivity contribution in [3.8, 4) is 5.88 Å². The van der Waals surface area contributed by atoms with Crippen molar-refractivity contribution >= 4 is 0 Å². The van der Waals surface area contributed by atoms with E-state index in [0.29, 0.717) is 19.0 Å². The Hall–Kier alpha value is -2.01. The number of methoxy groups -OCH3 is 1. The Labute approximate surface area is 105 Å². The predicted molar refractivity (Wildman–Crippen MR) is 65.5 cm³/mol. The van der Waals surface area contributed by atoms with Crippen molar-refractivity contribution < 1.29 is 9.13 Å². The van der Waals surface area contributed by atoms with Crippen molar-refractivity contribution in [3.05, 3.63) is 53.7 Å². The molecule has 18 heavy (non-hydrogen) atoms. The fraction of sp³-hybridized carbons (Fsp3) is 0.231. The van der Waals surface area contributed by atoms with Gasteiger partial charge in [0.2, 0.25) is 5.88 Å². The summed E-state index contributed by atoms with van der Waals surface area (Å²) < 4.78 is 17.9. The molecule has 0 spiro atoms. The molecule has 2 heterocycles. The molecule has 0 aromatic carbocycles. The molecule has 0 atom stereocenters. The van der Waals surface area contributed by atoms with Crippen LogP contribution in [0.3, 0.4) is 0 Å². The van der Waals surface area contributed by atoms with Crippen LogP contribution in [0.5, 0.6) is 5.88 Å². The summed E-state index contributed by atoms with van der Waals surface area (Å²) in [7, 11) is 1.58. The molecule has 0 saturated carbocycles. The second-order valence-corrected chi connectivity index (χ2v) is 3.82. The largest absolute Gasteiger partial charge is 0.481 e. The van der Waals surface area contributed by atoms with Crippen LogP contribution in [-0.2, 0) is 13.1 Å². The first-order valence-corrected chi connectivity index (χ1v) is 5.57. The molecule has 5 heteroatoms. The number of nitrogens with zero attached hydrogens (tertiary/aromatic N) is 2. The van der Waals surface area contributed by atoms with Crippen molar-refractivity contribution in [2.45, 2.75) is 13.1 Å². The Morgan fingerprint density at radius 3 is 2.83 bits per heavy atom. The minimum absolute atomic E-state index is 0.320. The number of halogens is 1. The summed E-state index contributed by atoms with van der Waals surface area (Å²) in [5, 5.41) is 3.21. The van der Waals surface area contributed by atoms with E-state index in [2.05, 4.69) is 15.3 Å². The van der Waals surface area contributed by atoms with E-state index in [1.54, 1.807) is 19.5 Å². The van der Waals surface area contributed by atoms with E-state index in [0.717, 1.165) is 11.1 Å². The molecule has 0 fully saturated rings. The molecule has 1 N–H and O–H groups in total. The molecule has 2 rings (SSSR count). The molecule has 94 valence electrons. The number of hydrogen-bond acceptors (Lipinski definition) is 4. The second-order valence-electron chi connectivity index (χ2n) is 3.82. The van der Waals surface area contributed by atoms with Crippen molar-refractivity contribution in [3.63, 3.8) is 0 Å². The van der Waals surface area contributed by atoms with Crippen LogP contribution in [0, 0.1) is 5.82 Å². The molecule has 0 aliphatic heterocycles. The van der Waals surface area contributed by atoms with Crippen LogP contribution < -0.4 is 10.1 Å². The topological polar surface area (TPSA) is 47.0 Å². The van der Waals surface area contributed by atoms with Gasteiger partial charge >= 0.3 is 0 Å². The first-order valence-electron chi connectivity index (χ1n) is 5.57. The van der Waals surface area contributed by atoms with Crippen LogP contribution in [0.1, 0.15) is 11.1 Å². The third-order valence-corrected chi connectivity index (χ3v) is 2.43. The Balaban J connectivity index is 1.88. The van der Waals surface area contributed by atoms with Gasteiger partial charge in [-0.05, 0) is 23.3 Å². The van der Waals surface area contributed by atoms with Gasteiger partial charge in [-0.25, -0.2) is 9.37 Å². The van der Waals surface area contributed by atoms with Gasteiger partial charge in [0, 0.05) is 31.5 Å². The summed E-state index contributed by atoms with van der Waals surface area (Å²) in [6, 6.07) is 5.23. The van der Waals surface area contributed by atoms with Crippen molar-refractivity contribution in [1.29, 1.82) is 0 Å². The van der Waals surface area contributed by atoms with Crippen molar-refractivity contribution in [2.24, 2.45) is 0 Å². The molecule has 0 bridgehead atoms. The Morgan fingerprint density at radius 1 is 1.22 bits per heavy atom. The molecule has 2 aromatic heterocycles. The van der Waals surface area contributed by atoms with Crippen LogP contribution in [0.4, 0.5) is 4.39 Å². The molecule has 0 amide bonds. The zero-order valence-corrected chi connectivity index (χ0v) is 10.1. The predicted octanol–water partition coefficient (Wildman–Crippen LogP) is 1.91.